The molecule has 0 N–H and O–H groups in total. The summed E-state index contributed by atoms with van der Waals surface area (Å²) in [6.45, 7) is 19.4. The summed E-state index contributed by atoms with van der Waals surface area (Å²) in [6, 6.07) is 10.1. The Bertz CT molecular complexity index is 1190. The lowest BCUT2D eigenvalue weighted by atomic mass is 10.0. The number of ether oxygens (including phenoxy) is 4. The molecule has 4 unspecified atom stereocenters. The van der Waals surface area contributed by atoms with Gasteiger partial charge in [0.25, 0.3) is 0 Å². The molecule has 0 fully saturated rings. The highest BCUT2D eigenvalue weighted by molar-refractivity contribution is 6.11. The second kappa shape index (κ2) is 21.8. The normalized spacial score (nSPS) is 14.1. The van der Waals surface area contributed by atoms with E-state index in [9.17, 15) is 4.79 Å². The summed E-state index contributed by atoms with van der Waals surface area (Å²) < 4.78 is 26.4. The van der Waals surface area contributed by atoms with Crippen LogP contribution in [-0.4, -0.2) is 30.2 Å². The number of ketones is 1. The summed E-state index contributed by atoms with van der Waals surface area (Å²) in [6.07, 6.45) is 15.9. The molecule has 46 heavy (non-hydrogen) atoms. The molecule has 5 nitrogen and oxygen atoms in total. The lowest BCUT2D eigenvalue weighted by molar-refractivity contribution is 0.102. The van der Waals surface area contributed by atoms with E-state index in [1.165, 1.54) is 5.56 Å². The number of hydrogen-bond donors (Lipinski definition) is 0. The van der Waals surface area contributed by atoms with Crippen molar-refractivity contribution < 1.29 is 23.7 Å². The van der Waals surface area contributed by atoms with Crippen LogP contribution in [0.5, 0.6) is 23.0 Å². The van der Waals surface area contributed by atoms with E-state index in [0.29, 0.717) is 22.8 Å². The molecule has 0 bridgehead atoms. The van der Waals surface area contributed by atoms with Crippen LogP contribution in [0.2, 0.25) is 0 Å². The van der Waals surface area contributed by atoms with Crippen molar-refractivity contribution in [2.24, 2.45) is 0 Å². The van der Waals surface area contributed by atoms with Crippen LogP contribution in [0.25, 0.3) is 6.08 Å². The summed E-state index contributed by atoms with van der Waals surface area (Å²) in [5, 5.41) is 0. The van der Waals surface area contributed by atoms with E-state index in [0.717, 1.165) is 94.8 Å². The number of aryl methyl sites for hydroxylation is 1. The Morgan fingerprint density at radius 2 is 1.02 bits per heavy atom. The fraction of sp³-hybridized carbons (Fsp3) is 0.634. The second-order valence-electron chi connectivity index (χ2n) is 12.4. The molecule has 0 aliphatic carbocycles. The maximum Gasteiger partial charge on any atom is 0.193 e. The van der Waals surface area contributed by atoms with E-state index in [1.807, 2.05) is 24.3 Å². The zero-order chi connectivity index (χ0) is 33.9. The average Bonchev–Trinajstić information content (AvgIpc) is 3.07. The van der Waals surface area contributed by atoms with Crippen molar-refractivity contribution in [3.8, 4) is 23.0 Å². The van der Waals surface area contributed by atoms with Gasteiger partial charge in [-0.05, 0) is 99.8 Å². The fourth-order valence-electron chi connectivity index (χ4n) is 5.77. The van der Waals surface area contributed by atoms with Gasteiger partial charge in [-0.25, -0.2) is 0 Å². The van der Waals surface area contributed by atoms with Crippen LogP contribution in [0.1, 0.15) is 161 Å². The van der Waals surface area contributed by atoms with Crippen LogP contribution in [0.15, 0.2) is 36.4 Å². The van der Waals surface area contributed by atoms with E-state index in [2.05, 4.69) is 74.4 Å². The number of rotatable bonds is 24. The minimum absolute atomic E-state index is 0.00650. The van der Waals surface area contributed by atoms with Gasteiger partial charge in [-0.1, -0.05) is 94.1 Å². The predicted octanol–water partition coefficient (Wildman–Crippen LogP) is 12.0. The van der Waals surface area contributed by atoms with Gasteiger partial charge in [0.1, 0.15) is 17.1 Å². The smallest absolute Gasteiger partial charge is 0.193 e. The Kier molecular flexibility index (Phi) is 18.6. The van der Waals surface area contributed by atoms with Crippen LogP contribution >= 0.6 is 0 Å². The van der Waals surface area contributed by atoms with Gasteiger partial charge in [-0.2, -0.15) is 0 Å². The SMILES string of the molecule is CCCC(CC)Oc1ccc(CC)cc1C=CC(=O)c1c(OC(CC)CCC)ccc(OC(CC)CCC)c1OC(CC)CCC. The molecular weight excluding hydrogens is 572 g/mol. The van der Waals surface area contributed by atoms with E-state index < -0.39 is 0 Å². The topological polar surface area (TPSA) is 54.0 Å². The van der Waals surface area contributed by atoms with Gasteiger partial charge >= 0.3 is 0 Å². The maximum atomic E-state index is 14.5. The first-order valence-electron chi connectivity index (χ1n) is 18.5. The predicted molar refractivity (Wildman–Crippen MR) is 194 cm³/mol. The molecule has 0 amide bonds. The Morgan fingerprint density at radius 1 is 0.587 bits per heavy atom. The van der Waals surface area contributed by atoms with Crippen molar-refractivity contribution in [1.29, 1.82) is 0 Å². The van der Waals surface area contributed by atoms with Gasteiger partial charge in [0.15, 0.2) is 17.3 Å². The molecule has 0 aromatic heterocycles. The summed E-state index contributed by atoms with van der Waals surface area (Å²) >= 11 is 0. The molecule has 0 saturated carbocycles. The standard InChI is InChI=1S/C41H64O5/c1-10-19-32(15-6)43-37-26-23-30(14-5)29-31(37)24-25-36(42)40-38(44-33(16-7)20-11-2)27-28-39(45-34(17-8)21-12-3)41(40)46-35(18-9)22-13-4/h23-29,32-35H,10-22H2,1-9H3. The van der Waals surface area contributed by atoms with Gasteiger partial charge in [-0.3, -0.25) is 4.79 Å². The Hall–Kier alpha value is -2.95. The molecule has 2 rings (SSSR count). The zero-order valence-electron chi connectivity index (χ0n) is 30.6. The number of allylic oxidation sites excluding steroid dienone is 1. The average molecular weight is 637 g/mol. The molecule has 0 aliphatic heterocycles. The van der Waals surface area contributed by atoms with Gasteiger partial charge in [0, 0.05) is 5.56 Å². The van der Waals surface area contributed by atoms with E-state index >= 15 is 0 Å². The molecule has 0 saturated heterocycles. The third-order valence-corrected chi connectivity index (χ3v) is 8.66. The minimum atomic E-state index is -0.162. The Morgan fingerprint density at radius 3 is 1.50 bits per heavy atom. The molecule has 2 aromatic carbocycles. The quantitative estimate of drug-likeness (QED) is 0.0847. The minimum Gasteiger partial charge on any atom is -0.490 e. The van der Waals surface area contributed by atoms with Crippen molar-refractivity contribution in [1.82, 2.24) is 0 Å². The zero-order valence-corrected chi connectivity index (χ0v) is 30.6. The highest BCUT2D eigenvalue weighted by Gasteiger charge is 2.27. The summed E-state index contributed by atoms with van der Waals surface area (Å²) in [5.74, 6) is 2.32. The first kappa shape index (κ1) is 39.2. The van der Waals surface area contributed by atoms with E-state index in [1.54, 1.807) is 6.08 Å². The number of carbonyl (C=O) groups excluding carboxylic acids is 1. The van der Waals surface area contributed by atoms with Crippen LogP contribution in [0.4, 0.5) is 0 Å². The summed E-state index contributed by atoms with van der Waals surface area (Å²) in [4.78, 5) is 14.5. The van der Waals surface area contributed by atoms with E-state index in [4.69, 9.17) is 18.9 Å². The van der Waals surface area contributed by atoms with Gasteiger partial charge in [0.2, 0.25) is 0 Å². The highest BCUT2D eigenvalue weighted by Crippen LogP contribution is 2.41. The fourth-order valence-corrected chi connectivity index (χ4v) is 5.77. The van der Waals surface area contributed by atoms with Crippen molar-refractivity contribution in [3.63, 3.8) is 0 Å². The van der Waals surface area contributed by atoms with Crippen LogP contribution in [0, 0.1) is 0 Å². The lowest BCUT2D eigenvalue weighted by Crippen LogP contribution is -2.22. The maximum absolute atomic E-state index is 14.5. The van der Waals surface area contributed by atoms with Gasteiger partial charge in [0.05, 0.1) is 24.4 Å². The van der Waals surface area contributed by atoms with Crippen molar-refractivity contribution in [2.75, 3.05) is 0 Å². The monoisotopic (exact) mass is 636 g/mol. The van der Waals surface area contributed by atoms with Crippen molar-refractivity contribution in [2.45, 2.75) is 170 Å². The van der Waals surface area contributed by atoms with E-state index in [-0.39, 0.29) is 30.2 Å². The highest BCUT2D eigenvalue weighted by atomic mass is 16.5. The summed E-state index contributed by atoms with van der Waals surface area (Å²) in [7, 11) is 0. The molecule has 0 aliphatic rings. The lowest BCUT2D eigenvalue weighted by Gasteiger charge is -2.26. The second-order valence-corrected chi connectivity index (χ2v) is 12.4. The molecule has 0 radical (unpaired) electrons. The van der Waals surface area contributed by atoms with Crippen LogP contribution < -0.4 is 18.9 Å². The molecular formula is C41H64O5. The van der Waals surface area contributed by atoms with Crippen LogP contribution in [0.3, 0.4) is 0 Å². The summed E-state index contributed by atoms with van der Waals surface area (Å²) in [5.41, 5.74) is 2.54. The molecule has 4 atom stereocenters. The van der Waals surface area contributed by atoms with Gasteiger partial charge in [-0.15, -0.1) is 0 Å². The van der Waals surface area contributed by atoms with Crippen molar-refractivity contribution >= 4 is 11.9 Å². The molecule has 0 heterocycles. The third-order valence-electron chi connectivity index (χ3n) is 8.66. The number of benzene rings is 2. The third kappa shape index (κ3) is 12.0. The largest absolute Gasteiger partial charge is 0.490 e. The molecule has 5 heteroatoms. The Labute approximate surface area is 281 Å². The number of hydrogen-bond acceptors (Lipinski definition) is 5. The molecule has 258 valence electrons. The number of carbonyl (C=O) groups is 1. The molecule has 2 aromatic rings. The van der Waals surface area contributed by atoms with Crippen LogP contribution in [-0.2, 0) is 6.42 Å². The van der Waals surface area contributed by atoms with Gasteiger partial charge < -0.3 is 18.9 Å². The van der Waals surface area contributed by atoms with Crippen molar-refractivity contribution in [3.05, 3.63) is 53.1 Å². The molecule has 0 spiro atoms. The first-order chi connectivity index (χ1) is 22.3. The Balaban J connectivity index is 2.74. The first-order valence-corrected chi connectivity index (χ1v) is 18.5.